The monoisotopic (exact) mass is 512 g/mol. The van der Waals surface area contributed by atoms with Crippen molar-refractivity contribution in [2.45, 2.75) is 20.4 Å². The Labute approximate surface area is 222 Å². The highest BCUT2D eigenvalue weighted by Crippen LogP contribution is 2.30. The average molecular weight is 513 g/mol. The van der Waals surface area contributed by atoms with Gasteiger partial charge in [-0.3, -0.25) is 14.7 Å². The minimum absolute atomic E-state index is 0.121. The second-order valence-corrected chi connectivity index (χ2v) is 10.5. The molecule has 8 heteroatoms. The number of hydrogen-bond donors (Lipinski definition) is 2. The smallest absolute Gasteiger partial charge is 0.255 e. The van der Waals surface area contributed by atoms with E-state index in [4.69, 9.17) is 4.98 Å². The molecule has 0 unspecified atom stereocenters. The molecule has 7 nitrogen and oxygen atoms in total. The third kappa shape index (κ3) is 6.40. The van der Waals surface area contributed by atoms with Crippen molar-refractivity contribution in [3.05, 3.63) is 88.6 Å². The van der Waals surface area contributed by atoms with E-state index >= 15 is 0 Å². The molecule has 5 rings (SSSR count). The van der Waals surface area contributed by atoms with E-state index in [-0.39, 0.29) is 5.91 Å². The first kappa shape index (κ1) is 25.1. The van der Waals surface area contributed by atoms with Gasteiger partial charge in [0.25, 0.3) is 5.91 Å². The first-order valence-electron chi connectivity index (χ1n) is 12.5. The number of rotatable bonds is 7. The maximum Gasteiger partial charge on any atom is 0.255 e. The fourth-order valence-corrected chi connectivity index (χ4v) is 5.07. The van der Waals surface area contributed by atoms with Gasteiger partial charge in [-0.25, -0.2) is 4.98 Å². The third-order valence-electron chi connectivity index (χ3n) is 6.63. The zero-order valence-electron chi connectivity index (χ0n) is 21.5. The van der Waals surface area contributed by atoms with Crippen LogP contribution in [0.2, 0.25) is 0 Å². The number of hydrogen-bond acceptors (Lipinski definition) is 7. The molecule has 4 aromatic rings. The van der Waals surface area contributed by atoms with Gasteiger partial charge in [-0.15, -0.1) is 11.3 Å². The fourth-order valence-electron chi connectivity index (χ4n) is 4.34. The number of amides is 1. The zero-order valence-corrected chi connectivity index (χ0v) is 22.3. The number of anilines is 3. The molecule has 3 heterocycles. The Morgan fingerprint density at radius 2 is 1.78 bits per heavy atom. The molecule has 1 aliphatic rings. The quantitative estimate of drug-likeness (QED) is 0.338. The molecular formula is C29H32N6OS. The van der Waals surface area contributed by atoms with Crippen molar-refractivity contribution < 1.29 is 4.79 Å². The molecule has 1 aliphatic heterocycles. The number of nitrogens with one attached hydrogen (secondary N) is 2. The van der Waals surface area contributed by atoms with Gasteiger partial charge < -0.3 is 15.5 Å². The van der Waals surface area contributed by atoms with Crippen molar-refractivity contribution in [3.63, 3.8) is 0 Å². The number of piperazine rings is 1. The molecule has 2 aromatic carbocycles. The summed E-state index contributed by atoms with van der Waals surface area (Å²) in [4.78, 5) is 26.7. The second kappa shape index (κ2) is 11.2. The lowest BCUT2D eigenvalue weighted by Gasteiger charge is -2.32. The van der Waals surface area contributed by atoms with Gasteiger partial charge in [-0.05, 0) is 67.9 Å². The number of nitrogens with zero attached hydrogens (tertiary/aromatic N) is 4. The molecule has 0 bridgehead atoms. The Bertz CT molecular complexity index is 1380. The molecule has 2 N–H and O–H groups in total. The van der Waals surface area contributed by atoms with Crippen molar-refractivity contribution >= 4 is 33.8 Å². The van der Waals surface area contributed by atoms with E-state index in [1.807, 2.05) is 62.0 Å². The lowest BCUT2D eigenvalue weighted by atomic mass is 10.1. The topological polar surface area (TPSA) is 73.4 Å². The predicted octanol–water partition coefficient (Wildman–Crippen LogP) is 5.57. The van der Waals surface area contributed by atoms with E-state index < -0.39 is 0 Å². The molecule has 190 valence electrons. The normalized spacial score (nSPS) is 14.5. The highest BCUT2D eigenvalue weighted by atomic mass is 32.1. The summed E-state index contributed by atoms with van der Waals surface area (Å²) in [6.07, 6.45) is 3.66. The summed E-state index contributed by atoms with van der Waals surface area (Å²) in [6.45, 7) is 9.33. The summed E-state index contributed by atoms with van der Waals surface area (Å²) >= 11 is 1.54. The summed E-state index contributed by atoms with van der Waals surface area (Å²) in [5.41, 5.74) is 7.58. The molecule has 0 saturated carbocycles. The van der Waals surface area contributed by atoms with Crippen LogP contribution in [0.3, 0.4) is 0 Å². The van der Waals surface area contributed by atoms with Crippen molar-refractivity contribution in [3.8, 4) is 11.3 Å². The van der Waals surface area contributed by atoms with Crippen molar-refractivity contribution in [2.24, 2.45) is 0 Å². The maximum atomic E-state index is 12.9. The number of likely N-dealkylation sites (N-methyl/N-ethyl adjacent to an activating group) is 1. The number of carbonyl (C=O) groups is 1. The van der Waals surface area contributed by atoms with Crippen LogP contribution in [0.1, 0.15) is 27.0 Å². The van der Waals surface area contributed by atoms with E-state index in [0.29, 0.717) is 5.56 Å². The van der Waals surface area contributed by atoms with Crippen molar-refractivity contribution in [2.75, 3.05) is 43.9 Å². The minimum atomic E-state index is -0.121. The summed E-state index contributed by atoms with van der Waals surface area (Å²) in [5, 5.41) is 9.25. The number of pyridine rings is 1. The first-order chi connectivity index (χ1) is 17.9. The predicted molar refractivity (Wildman–Crippen MR) is 152 cm³/mol. The lowest BCUT2D eigenvalue weighted by Crippen LogP contribution is -2.43. The summed E-state index contributed by atoms with van der Waals surface area (Å²) in [6, 6.07) is 15.9. The van der Waals surface area contributed by atoms with Gasteiger partial charge in [-0.1, -0.05) is 18.2 Å². The molecule has 0 aliphatic carbocycles. The van der Waals surface area contributed by atoms with Crippen LogP contribution in [-0.4, -0.2) is 58.9 Å². The Morgan fingerprint density at radius 3 is 2.54 bits per heavy atom. The SMILES string of the molecule is Cc1cncc(-c2csc(Nc3cc(NC(=O)c4ccc(CN5CCN(C)CC5)cc4)ccc3C)n2)c1. The molecule has 1 amide bonds. The van der Waals surface area contributed by atoms with Gasteiger partial charge in [0.05, 0.1) is 5.69 Å². The summed E-state index contributed by atoms with van der Waals surface area (Å²) < 4.78 is 0. The van der Waals surface area contributed by atoms with Gasteiger partial charge in [0.2, 0.25) is 0 Å². The largest absolute Gasteiger partial charge is 0.331 e. The second-order valence-electron chi connectivity index (χ2n) is 9.67. The van der Waals surface area contributed by atoms with E-state index in [1.54, 1.807) is 11.3 Å². The number of thiazole rings is 1. The Kier molecular flexibility index (Phi) is 7.60. The van der Waals surface area contributed by atoms with Gasteiger partial charge in [0, 0.05) is 73.0 Å². The highest BCUT2D eigenvalue weighted by molar-refractivity contribution is 7.14. The standard InChI is InChI=1S/C29H32N6OS/c1-20-14-24(17-30-16-20)27-19-37-29(33-27)32-26-15-25(9-4-21(26)2)31-28(36)23-7-5-22(6-8-23)18-35-12-10-34(3)11-13-35/h4-9,14-17,19H,10-13,18H2,1-3H3,(H,31,36)(H,32,33). The van der Waals surface area contributed by atoms with E-state index in [1.165, 1.54) is 5.56 Å². The summed E-state index contributed by atoms with van der Waals surface area (Å²) in [5.74, 6) is -0.121. The molecule has 1 saturated heterocycles. The lowest BCUT2D eigenvalue weighted by molar-refractivity contribution is 0.102. The van der Waals surface area contributed by atoms with Crippen LogP contribution in [0.5, 0.6) is 0 Å². The molecule has 37 heavy (non-hydrogen) atoms. The first-order valence-corrected chi connectivity index (χ1v) is 13.4. The Morgan fingerprint density at radius 1 is 1.00 bits per heavy atom. The zero-order chi connectivity index (χ0) is 25.8. The van der Waals surface area contributed by atoms with E-state index in [2.05, 4.69) is 50.7 Å². The van der Waals surface area contributed by atoms with Crippen LogP contribution < -0.4 is 10.6 Å². The molecule has 0 radical (unpaired) electrons. The molecular weight excluding hydrogens is 480 g/mol. The van der Waals surface area contributed by atoms with Gasteiger partial charge in [0.1, 0.15) is 0 Å². The van der Waals surface area contributed by atoms with Crippen LogP contribution in [0.4, 0.5) is 16.5 Å². The van der Waals surface area contributed by atoms with Crippen LogP contribution >= 0.6 is 11.3 Å². The molecule has 2 aromatic heterocycles. The minimum Gasteiger partial charge on any atom is -0.331 e. The number of benzene rings is 2. The third-order valence-corrected chi connectivity index (χ3v) is 7.39. The van der Waals surface area contributed by atoms with Gasteiger partial charge >= 0.3 is 0 Å². The number of aromatic nitrogens is 2. The molecule has 0 spiro atoms. The van der Waals surface area contributed by atoms with Gasteiger partial charge in [-0.2, -0.15) is 0 Å². The highest BCUT2D eigenvalue weighted by Gasteiger charge is 2.15. The van der Waals surface area contributed by atoms with E-state index in [0.717, 1.165) is 71.6 Å². The molecule has 1 fully saturated rings. The molecule has 0 atom stereocenters. The number of carbonyl (C=O) groups excluding carboxylic acids is 1. The maximum absolute atomic E-state index is 12.9. The Hall–Kier alpha value is -3.59. The Balaban J connectivity index is 1.22. The van der Waals surface area contributed by atoms with Crippen LogP contribution in [0.15, 0.2) is 66.3 Å². The van der Waals surface area contributed by atoms with Crippen LogP contribution in [-0.2, 0) is 6.54 Å². The van der Waals surface area contributed by atoms with E-state index in [9.17, 15) is 4.79 Å². The fraction of sp³-hybridized carbons (Fsp3) is 0.276. The number of aryl methyl sites for hydroxylation is 2. The van der Waals surface area contributed by atoms with Crippen LogP contribution in [0, 0.1) is 13.8 Å². The van der Waals surface area contributed by atoms with Gasteiger partial charge in [0.15, 0.2) is 5.13 Å². The van der Waals surface area contributed by atoms with Crippen LogP contribution in [0.25, 0.3) is 11.3 Å². The average Bonchev–Trinajstić information content (AvgIpc) is 3.36. The van der Waals surface area contributed by atoms with Crippen molar-refractivity contribution in [1.82, 2.24) is 19.8 Å². The van der Waals surface area contributed by atoms with Crippen molar-refractivity contribution in [1.29, 1.82) is 0 Å². The summed E-state index contributed by atoms with van der Waals surface area (Å²) in [7, 11) is 2.16.